The van der Waals surface area contributed by atoms with Crippen molar-refractivity contribution >= 4 is 17.3 Å². The smallest absolute Gasteiger partial charge is 0.197 e. The molecule has 1 saturated heterocycles. The van der Waals surface area contributed by atoms with Gasteiger partial charge in [0.05, 0.1) is 24.6 Å². The van der Waals surface area contributed by atoms with Crippen LogP contribution < -0.4 is 10.2 Å². The van der Waals surface area contributed by atoms with Gasteiger partial charge < -0.3 is 19.9 Å². The van der Waals surface area contributed by atoms with E-state index < -0.39 is 0 Å². The van der Waals surface area contributed by atoms with Gasteiger partial charge in [0.2, 0.25) is 0 Å². The second-order valence-electron chi connectivity index (χ2n) is 5.92. The van der Waals surface area contributed by atoms with E-state index >= 15 is 0 Å². The predicted octanol–water partition coefficient (Wildman–Crippen LogP) is 3.04. The molecule has 0 atom stereocenters. The standard InChI is InChI=1S/C18H30N4O/c1-4-5-8-11-21(3)18(19-2)20-16-9-6-7-10-17(16)22-12-14-23-15-13-22/h6-7,9-10H,4-5,8,11-15H2,1-3H3,(H,19,20). The van der Waals surface area contributed by atoms with E-state index in [2.05, 4.69) is 58.3 Å². The summed E-state index contributed by atoms with van der Waals surface area (Å²) in [5, 5.41) is 3.51. The van der Waals surface area contributed by atoms with Gasteiger partial charge in [-0.15, -0.1) is 0 Å². The van der Waals surface area contributed by atoms with Crippen LogP contribution in [0.2, 0.25) is 0 Å². The molecule has 1 aliphatic rings. The first-order valence-corrected chi connectivity index (χ1v) is 8.63. The molecule has 0 bridgehead atoms. The number of nitrogens with zero attached hydrogens (tertiary/aromatic N) is 3. The normalized spacial score (nSPS) is 15.6. The quantitative estimate of drug-likeness (QED) is 0.497. The van der Waals surface area contributed by atoms with Crippen molar-refractivity contribution in [3.8, 4) is 0 Å². The van der Waals surface area contributed by atoms with Gasteiger partial charge in [-0.1, -0.05) is 31.9 Å². The summed E-state index contributed by atoms with van der Waals surface area (Å²) >= 11 is 0. The molecule has 0 amide bonds. The highest BCUT2D eigenvalue weighted by atomic mass is 16.5. The highest BCUT2D eigenvalue weighted by molar-refractivity contribution is 5.96. The molecule has 1 aromatic rings. The number of guanidine groups is 1. The fourth-order valence-corrected chi connectivity index (χ4v) is 2.81. The molecule has 1 fully saturated rings. The lowest BCUT2D eigenvalue weighted by Crippen LogP contribution is -2.38. The molecule has 0 saturated carbocycles. The Morgan fingerprint density at radius 1 is 1.26 bits per heavy atom. The van der Waals surface area contributed by atoms with E-state index in [1.54, 1.807) is 0 Å². The fraction of sp³-hybridized carbons (Fsp3) is 0.611. The zero-order valence-corrected chi connectivity index (χ0v) is 14.7. The summed E-state index contributed by atoms with van der Waals surface area (Å²) in [4.78, 5) is 9.01. The maximum Gasteiger partial charge on any atom is 0.197 e. The van der Waals surface area contributed by atoms with E-state index in [0.29, 0.717) is 0 Å². The molecule has 5 nitrogen and oxygen atoms in total. The summed E-state index contributed by atoms with van der Waals surface area (Å²) in [6, 6.07) is 8.44. The van der Waals surface area contributed by atoms with Crippen molar-refractivity contribution < 1.29 is 4.74 Å². The Balaban J connectivity index is 2.05. The molecule has 1 aromatic carbocycles. The van der Waals surface area contributed by atoms with Crippen LogP contribution in [0, 0.1) is 0 Å². The number of benzene rings is 1. The van der Waals surface area contributed by atoms with E-state index in [4.69, 9.17) is 4.74 Å². The van der Waals surface area contributed by atoms with Crippen molar-refractivity contribution in [1.29, 1.82) is 0 Å². The average molecular weight is 318 g/mol. The second-order valence-corrected chi connectivity index (χ2v) is 5.92. The van der Waals surface area contributed by atoms with Gasteiger partial charge in [0.25, 0.3) is 0 Å². The molecule has 23 heavy (non-hydrogen) atoms. The largest absolute Gasteiger partial charge is 0.378 e. The lowest BCUT2D eigenvalue weighted by atomic mass is 10.2. The number of para-hydroxylation sites is 2. The minimum atomic E-state index is 0.792. The maximum absolute atomic E-state index is 5.46. The van der Waals surface area contributed by atoms with Gasteiger partial charge >= 0.3 is 0 Å². The van der Waals surface area contributed by atoms with E-state index in [1.165, 1.54) is 24.9 Å². The van der Waals surface area contributed by atoms with Crippen LogP contribution in [0.1, 0.15) is 26.2 Å². The summed E-state index contributed by atoms with van der Waals surface area (Å²) < 4.78 is 5.46. The maximum atomic E-state index is 5.46. The number of anilines is 2. The molecular weight excluding hydrogens is 288 g/mol. The highest BCUT2D eigenvalue weighted by Gasteiger charge is 2.16. The molecule has 0 aliphatic carbocycles. The van der Waals surface area contributed by atoms with Gasteiger partial charge in [0, 0.05) is 33.7 Å². The minimum Gasteiger partial charge on any atom is -0.378 e. The summed E-state index contributed by atoms with van der Waals surface area (Å²) in [6.45, 7) is 6.70. The molecular formula is C18H30N4O. The number of nitrogens with one attached hydrogen (secondary N) is 1. The van der Waals surface area contributed by atoms with Gasteiger partial charge in [0.15, 0.2) is 5.96 Å². The van der Waals surface area contributed by atoms with Gasteiger partial charge in [-0.3, -0.25) is 4.99 Å². The molecule has 0 aromatic heterocycles. The van der Waals surface area contributed by atoms with E-state index in [0.717, 1.165) is 44.5 Å². The van der Waals surface area contributed by atoms with Crippen LogP contribution in [0.3, 0.4) is 0 Å². The Labute approximate surface area is 140 Å². The topological polar surface area (TPSA) is 40.1 Å². The van der Waals surface area contributed by atoms with Crippen LogP contribution in [0.4, 0.5) is 11.4 Å². The molecule has 1 aliphatic heterocycles. The molecule has 2 rings (SSSR count). The van der Waals surface area contributed by atoms with Gasteiger partial charge in [-0.2, -0.15) is 0 Å². The first kappa shape index (κ1) is 17.6. The Hall–Kier alpha value is -1.75. The number of hydrogen-bond acceptors (Lipinski definition) is 3. The second kappa shape index (κ2) is 9.40. The lowest BCUT2D eigenvalue weighted by molar-refractivity contribution is 0.123. The Bertz CT molecular complexity index is 498. The number of morpholine rings is 1. The lowest BCUT2D eigenvalue weighted by Gasteiger charge is -2.31. The molecule has 1 heterocycles. The summed E-state index contributed by atoms with van der Waals surface area (Å²) in [5.41, 5.74) is 2.33. The number of unbranched alkanes of at least 4 members (excludes halogenated alkanes) is 2. The molecule has 0 spiro atoms. The zero-order chi connectivity index (χ0) is 16.5. The van der Waals surface area contributed by atoms with Crippen molar-refractivity contribution in [3.05, 3.63) is 24.3 Å². The third kappa shape index (κ3) is 5.13. The van der Waals surface area contributed by atoms with Crippen LogP contribution in [0.25, 0.3) is 0 Å². The van der Waals surface area contributed by atoms with Crippen molar-refractivity contribution in [1.82, 2.24) is 4.90 Å². The first-order valence-electron chi connectivity index (χ1n) is 8.63. The van der Waals surface area contributed by atoms with Gasteiger partial charge in [0.1, 0.15) is 0 Å². The van der Waals surface area contributed by atoms with E-state index in [9.17, 15) is 0 Å². The van der Waals surface area contributed by atoms with Gasteiger partial charge in [-0.05, 0) is 18.6 Å². The van der Waals surface area contributed by atoms with Crippen molar-refractivity contribution in [2.24, 2.45) is 4.99 Å². The highest BCUT2D eigenvalue weighted by Crippen LogP contribution is 2.26. The summed E-state index contributed by atoms with van der Waals surface area (Å²) in [5.74, 6) is 0.918. The van der Waals surface area contributed by atoms with Crippen molar-refractivity contribution in [3.63, 3.8) is 0 Å². The number of ether oxygens (including phenoxy) is 1. The molecule has 5 heteroatoms. The van der Waals surface area contributed by atoms with Crippen molar-refractivity contribution in [2.75, 3.05) is 57.2 Å². The average Bonchev–Trinajstić information content (AvgIpc) is 2.61. The van der Waals surface area contributed by atoms with Crippen LogP contribution in [-0.4, -0.2) is 57.8 Å². The number of rotatable bonds is 6. The monoisotopic (exact) mass is 318 g/mol. The third-order valence-corrected chi connectivity index (χ3v) is 4.17. The first-order chi connectivity index (χ1) is 11.3. The van der Waals surface area contributed by atoms with Crippen LogP contribution in [0.15, 0.2) is 29.3 Å². The minimum absolute atomic E-state index is 0.792. The SMILES string of the molecule is CCCCCN(C)C(=NC)Nc1ccccc1N1CCOCC1. The van der Waals surface area contributed by atoms with E-state index in [1.807, 2.05) is 7.05 Å². The molecule has 1 N–H and O–H groups in total. The Morgan fingerprint density at radius 2 is 2.00 bits per heavy atom. The zero-order valence-electron chi connectivity index (χ0n) is 14.7. The van der Waals surface area contributed by atoms with E-state index in [-0.39, 0.29) is 0 Å². The molecule has 0 radical (unpaired) electrons. The van der Waals surface area contributed by atoms with Crippen LogP contribution >= 0.6 is 0 Å². The number of aliphatic imine (C=N–C) groups is 1. The Kier molecular flexibility index (Phi) is 7.20. The van der Waals surface area contributed by atoms with Crippen LogP contribution in [-0.2, 0) is 4.74 Å². The van der Waals surface area contributed by atoms with Gasteiger partial charge in [-0.25, -0.2) is 0 Å². The fourth-order valence-electron chi connectivity index (χ4n) is 2.81. The predicted molar refractivity (Wildman–Crippen MR) is 98.6 cm³/mol. The molecule has 0 unspecified atom stereocenters. The molecule has 128 valence electrons. The van der Waals surface area contributed by atoms with Crippen LogP contribution in [0.5, 0.6) is 0 Å². The summed E-state index contributed by atoms with van der Waals surface area (Å²) in [6.07, 6.45) is 3.68. The Morgan fingerprint density at radius 3 is 2.70 bits per heavy atom. The third-order valence-electron chi connectivity index (χ3n) is 4.17. The number of hydrogen-bond donors (Lipinski definition) is 1. The van der Waals surface area contributed by atoms with Crippen molar-refractivity contribution in [2.45, 2.75) is 26.2 Å². The summed E-state index contributed by atoms with van der Waals surface area (Å²) in [7, 11) is 3.94.